The third-order valence-corrected chi connectivity index (χ3v) is 4.22. The molecule has 0 bridgehead atoms. The molecule has 1 heterocycles. The third-order valence-electron chi connectivity index (χ3n) is 4.22. The first-order valence-corrected chi connectivity index (χ1v) is 8.47. The molecular formula is C18H30N2O. The van der Waals surface area contributed by atoms with Gasteiger partial charge < -0.3 is 4.74 Å². The predicted octanol–water partition coefficient (Wildman–Crippen LogP) is 3.89. The van der Waals surface area contributed by atoms with Crippen LogP contribution < -0.4 is 0 Å². The molecule has 2 rings (SSSR count). The number of pyridine rings is 1. The first-order chi connectivity index (χ1) is 10.2. The average molecular weight is 290 g/mol. The second-order valence-corrected chi connectivity index (χ2v) is 6.51. The Balaban J connectivity index is 1.80. The number of rotatable bonds is 9. The minimum Gasteiger partial charge on any atom is -0.379 e. The molecule has 0 radical (unpaired) electrons. The van der Waals surface area contributed by atoms with Gasteiger partial charge in [0.1, 0.15) is 0 Å². The smallest absolute Gasteiger partial charge is 0.0518 e. The van der Waals surface area contributed by atoms with Gasteiger partial charge in [0, 0.05) is 38.6 Å². The highest BCUT2D eigenvalue weighted by atomic mass is 16.5. The number of nitrogens with zero attached hydrogens (tertiary/aromatic N) is 2. The SMILES string of the molecule is CC(C)OCCCN(Cc1ccncc1)CC1CCCC1. The van der Waals surface area contributed by atoms with E-state index < -0.39 is 0 Å². The molecule has 1 aliphatic rings. The zero-order valence-corrected chi connectivity index (χ0v) is 13.6. The van der Waals surface area contributed by atoms with Gasteiger partial charge in [-0.25, -0.2) is 0 Å². The van der Waals surface area contributed by atoms with E-state index in [1.165, 1.54) is 37.8 Å². The maximum atomic E-state index is 5.68. The van der Waals surface area contributed by atoms with Crippen LogP contribution in [0.1, 0.15) is 51.5 Å². The summed E-state index contributed by atoms with van der Waals surface area (Å²) in [5.41, 5.74) is 1.37. The average Bonchev–Trinajstić information content (AvgIpc) is 2.97. The molecule has 1 fully saturated rings. The van der Waals surface area contributed by atoms with Crippen molar-refractivity contribution in [2.45, 2.75) is 58.6 Å². The summed E-state index contributed by atoms with van der Waals surface area (Å²) >= 11 is 0. The summed E-state index contributed by atoms with van der Waals surface area (Å²) < 4.78 is 5.68. The van der Waals surface area contributed by atoms with Gasteiger partial charge in [-0.3, -0.25) is 9.88 Å². The van der Waals surface area contributed by atoms with Crippen molar-refractivity contribution >= 4 is 0 Å². The lowest BCUT2D eigenvalue weighted by molar-refractivity contribution is 0.0685. The van der Waals surface area contributed by atoms with E-state index in [0.29, 0.717) is 6.10 Å². The van der Waals surface area contributed by atoms with Gasteiger partial charge in [-0.15, -0.1) is 0 Å². The Kier molecular flexibility index (Phi) is 7.17. The van der Waals surface area contributed by atoms with E-state index in [4.69, 9.17) is 4.74 Å². The fraction of sp³-hybridized carbons (Fsp3) is 0.722. The monoisotopic (exact) mass is 290 g/mol. The number of hydrogen-bond acceptors (Lipinski definition) is 3. The van der Waals surface area contributed by atoms with Crippen LogP contribution in [0.4, 0.5) is 0 Å². The Bertz CT molecular complexity index is 374. The number of ether oxygens (including phenoxy) is 1. The molecule has 3 heteroatoms. The summed E-state index contributed by atoms with van der Waals surface area (Å²) in [6.07, 6.45) is 10.9. The van der Waals surface area contributed by atoms with E-state index in [2.05, 4.69) is 35.9 Å². The molecular weight excluding hydrogens is 260 g/mol. The molecule has 0 spiro atoms. The number of hydrogen-bond donors (Lipinski definition) is 0. The van der Waals surface area contributed by atoms with Crippen LogP contribution >= 0.6 is 0 Å². The van der Waals surface area contributed by atoms with E-state index in [1.54, 1.807) is 0 Å². The molecule has 1 aliphatic carbocycles. The molecule has 1 saturated carbocycles. The van der Waals surface area contributed by atoms with Gasteiger partial charge in [-0.1, -0.05) is 12.8 Å². The van der Waals surface area contributed by atoms with Crippen molar-refractivity contribution < 1.29 is 4.74 Å². The van der Waals surface area contributed by atoms with Crippen molar-refractivity contribution in [3.8, 4) is 0 Å². The molecule has 1 aromatic rings. The summed E-state index contributed by atoms with van der Waals surface area (Å²) in [4.78, 5) is 6.72. The quantitative estimate of drug-likeness (QED) is 0.645. The summed E-state index contributed by atoms with van der Waals surface area (Å²) in [5.74, 6) is 0.901. The van der Waals surface area contributed by atoms with Crippen molar-refractivity contribution in [3.63, 3.8) is 0 Å². The first kappa shape index (κ1) is 16.4. The molecule has 0 aliphatic heterocycles. The molecule has 0 unspecified atom stereocenters. The zero-order valence-electron chi connectivity index (χ0n) is 13.6. The van der Waals surface area contributed by atoms with E-state index in [-0.39, 0.29) is 0 Å². The van der Waals surface area contributed by atoms with Crippen molar-refractivity contribution in [1.82, 2.24) is 9.88 Å². The van der Waals surface area contributed by atoms with E-state index >= 15 is 0 Å². The lowest BCUT2D eigenvalue weighted by atomic mass is 10.1. The summed E-state index contributed by atoms with van der Waals surface area (Å²) in [5, 5.41) is 0. The summed E-state index contributed by atoms with van der Waals surface area (Å²) in [7, 11) is 0. The first-order valence-electron chi connectivity index (χ1n) is 8.47. The predicted molar refractivity (Wildman–Crippen MR) is 87.2 cm³/mol. The van der Waals surface area contributed by atoms with E-state index in [1.807, 2.05) is 12.4 Å². The lowest BCUT2D eigenvalue weighted by Gasteiger charge is -2.25. The minimum atomic E-state index is 0.341. The van der Waals surface area contributed by atoms with Gasteiger partial charge in [0.2, 0.25) is 0 Å². The lowest BCUT2D eigenvalue weighted by Crippen LogP contribution is -2.30. The van der Waals surface area contributed by atoms with Crippen molar-refractivity contribution in [1.29, 1.82) is 0 Å². The van der Waals surface area contributed by atoms with Crippen LogP contribution in [-0.2, 0) is 11.3 Å². The van der Waals surface area contributed by atoms with E-state index in [0.717, 1.165) is 32.0 Å². The van der Waals surface area contributed by atoms with Crippen LogP contribution in [0, 0.1) is 5.92 Å². The Morgan fingerprint density at radius 2 is 1.95 bits per heavy atom. The highest BCUT2D eigenvalue weighted by Gasteiger charge is 2.18. The molecule has 0 saturated heterocycles. The van der Waals surface area contributed by atoms with Crippen LogP contribution in [-0.4, -0.2) is 35.7 Å². The van der Waals surface area contributed by atoms with Crippen LogP contribution in [0.3, 0.4) is 0 Å². The second-order valence-electron chi connectivity index (χ2n) is 6.51. The van der Waals surface area contributed by atoms with Crippen molar-refractivity contribution in [2.24, 2.45) is 5.92 Å². The van der Waals surface area contributed by atoms with Crippen LogP contribution in [0.5, 0.6) is 0 Å². The molecule has 0 N–H and O–H groups in total. The van der Waals surface area contributed by atoms with Gasteiger partial charge in [0.05, 0.1) is 6.10 Å². The zero-order chi connectivity index (χ0) is 14.9. The fourth-order valence-corrected chi connectivity index (χ4v) is 3.15. The van der Waals surface area contributed by atoms with Gasteiger partial charge in [0.15, 0.2) is 0 Å². The summed E-state index contributed by atoms with van der Waals surface area (Å²) in [6.45, 7) is 8.49. The highest BCUT2D eigenvalue weighted by Crippen LogP contribution is 2.26. The molecule has 3 nitrogen and oxygen atoms in total. The van der Waals surface area contributed by atoms with Gasteiger partial charge in [0.25, 0.3) is 0 Å². The van der Waals surface area contributed by atoms with Crippen LogP contribution in [0.15, 0.2) is 24.5 Å². The Morgan fingerprint density at radius 1 is 1.24 bits per heavy atom. The van der Waals surface area contributed by atoms with Crippen LogP contribution in [0.25, 0.3) is 0 Å². The second kappa shape index (κ2) is 9.16. The molecule has 0 amide bonds. The van der Waals surface area contributed by atoms with Crippen LogP contribution in [0.2, 0.25) is 0 Å². The molecule has 118 valence electrons. The Hall–Kier alpha value is -0.930. The molecule has 1 aromatic heterocycles. The largest absolute Gasteiger partial charge is 0.379 e. The van der Waals surface area contributed by atoms with Gasteiger partial charge >= 0.3 is 0 Å². The topological polar surface area (TPSA) is 25.4 Å². The Morgan fingerprint density at radius 3 is 2.62 bits per heavy atom. The molecule has 0 aromatic carbocycles. The van der Waals surface area contributed by atoms with Crippen molar-refractivity contribution in [2.75, 3.05) is 19.7 Å². The molecule has 0 atom stereocenters. The fourth-order valence-electron chi connectivity index (χ4n) is 3.15. The van der Waals surface area contributed by atoms with Gasteiger partial charge in [-0.2, -0.15) is 0 Å². The normalized spacial score (nSPS) is 16.2. The standard InChI is InChI=1S/C18H30N2O/c1-16(2)21-13-5-12-20(14-17-6-3-4-7-17)15-18-8-10-19-11-9-18/h8-11,16-17H,3-7,12-15H2,1-2H3. The highest BCUT2D eigenvalue weighted by molar-refractivity contribution is 5.09. The maximum absolute atomic E-state index is 5.68. The molecule has 21 heavy (non-hydrogen) atoms. The van der Waals surface area contributed by atoms with Crippen molar-refractivity contribution in [3.05, 3.63) is 30.1 Å². The minimum absolute atomic E-state index is 0.341. The summed E-state index contributed by atoms with van der Waals surface area (Å²) in [6, 6.07) is 4.26. The van der Waals surface area contributed by atoms with E-state index in [9.17, 15) is 0 Å². The Labute approximate surface area is 129 Å². The number of aromatic nitrogens is 1. The van der Waals surface area contributed by atoms with Gasteiger partial charge in [-0.05, 0) is 56.7 Å². The maximum Gasteiger partial charge on any atom is 0.0518 e. The third kappa shape index (κ3) is 6.58.